The lowest BCUT2D eigenvalue weighted by molar-refractivity contribution is 0.0915. The second-order valence-electron chi connectivity index (χ2n) is 4.90. The number of cyclic esters (lactones) is 1. The van der Waals surface area contributed by atoms with Gasteiger partial charge in [0, 0.05) is 12.6 Å². The number of nitrogens with one attached hydrogen (secondary N) is 1. The van der Waals surface area contributed by atoms with Gasteiger partial charge >= 0.3 is 6.09 Å². The topological polar surface area (TPSA) is 58.6 Å². The van der Waals surface area contributed by atoms with Crippen molar-refractivity contribution in [3.63, 3.8) is 0 Å². The average molecular weight is 262 g/mol. The molecule has 1 aliphatic rings. The molecular formula is C14H18N2O3. The second kappa shape index (κ2) is 5.30. The molecule has 102 valence electrons. The van der Waals surface area contributed by atoms with Crippen LogP contribution in [0.4, 0.5) is 4.79 Å². The van der Waals surface area contributed by atoms with Crippen LogP contribution in [0.5, 0.6) is 0 Å². The van der Waals surface area contributed by atoms with Crippen molar-refractivity contribution >= 4 is 12.0 Å². The third-order valence-electron chi connectivity index (χ3n) is 3.32. The summed E-state index contributed by atoms with van der Waals surface area (Å²) < 4.78 is 5.07. The Morgan fingerprint density at radius 3 is 2.74 bits per heavy atom. The first-order valence-electron chi connectivity index (χ1n) is 6.24. The van der Waals surface area contributed by atoms with E-state index in [2.05, 4.69) is 5.32 Å². The molecule has 0 bridgehead atoms. The molecule has 1 saturated heterocycles. The second-order valence-corrected chi connectivity index (χ2v) is 4.90. The highest BCUT2D eigenvalue weighted by atomic mass is 16.6. The molecular weight excluding hydrogens is 244 g/mol. The smallest absolute Gasteiger partial charge is 0.410 e. The number of carbonyl (C=O) groups is 2. The molecule has 1 heterocycles. The molecule has 2 amide bonds. The molecule has 19 heavy (non-hydrogen) atoms. The zero-order valence-electron chi connectivity index (χ0n) is 11.4. The molecule has 1 unspecified atom stereocenters. The van der Waals surface area contributed by atoms with Crippen molar-refractivity contribution in [1.82, 2.24) is 10.2 Å². The van der Waals surface area contributed by atoms with Crippen molar-refractivity contribution in [3.05, 3.63) is 34.9 Å². The van der Waals surface area contributed by atoms with Crippen LogP contribution in [-0.2, 0) is 4.74 Å². The van der Waals surface area contributed by atoms with Crippen LogP contribution in [0.25, 0.3) is 0 Å². The van der Waals surface area contributed by atoms with Gasteiger partial charge in [-0.15, -0.1) is 0 Å². The molecule has 5 heteroatoms. The van der Waals surface area contributed by atoms with Crippen LogP contribution in [0.3, 0.4) is 0 Å². The lowest BCUT2D eigenvalue weighted by Crippen LogP contribution is -2.34. The Bertz CT molecular complexity index is 513. The van der Waals surface area contributed by atoms with E-state index in [4.69, 9.17) is 4.74 Å². The first kappa shape index (κ1) is 13.4. The molecule has 5 nitrogen and oxygen atoms in total. The number of benzene rings is 1. The van der Waals surface area contributed by atoms with E-state index in [1.807, 2.05) is 26.0 Å². The summed E-state index contributed by atoms with van der Waals surface area (Å²) in [7, 11) is 1.67. The number of likely N-dealkylation sites (N-methyl/N-ethyl adjacent to an activating group) is 1. The maximum Gasteiger partial charge on any atom is 0.410 e. The highest BCUT2D eigenvalue weighted by Crippen LogP contribution is 2.11. The van der Waals surface area contributed by atoms with Gasteiger partial charge in [0.15, 0.2) is 0 Å². The molecule has 0 saturated carbocycles. The van der Waals surface area contributed by atoms with Crippen molar-refractivity contribution in [2.75, 3.05) is 20.1 Å². The SMILES string of the molecule is Cc1ccc(C(=O)NCC2CN(C)C(=O)O2)cc1C. The van der Waals surface area contributed by atoms with Crippen molar-refractivity contribution < 1.29 is 14.3 Å². The summed E-state index contributed by atoms with van der Waals surface area (Å²) in [4.78, 5) is 24.6. The fourth-order valence-electron chi connectivity index (χ4n) is 1.95. The molecule has 1 fully saturated rings. The quantitative estimate of drug-likeness (QED) is 0.897. The Hall–Kier alpha value is -2.04. The number of amides is 2. The Kier molecular flexibility index (Phi) is 3.74. The molecule has 1 atom stereocenters. The number of hydrogen-bond donors (Lipinski definition) is 1. The monoisotopic (exact) mass is 262 g/mol. The first-order chi connectivity index (χ1) is 8.97. The summed E-state index contributed by atoms with van der Waals surface area (Å²) in [6.07, 6.45) is -0.613. The van der Waals surface area contributed by atoms with Crippen LogP contribution >= 0.6 is 0 Å². The molecule has 1 aromatic rings. The van der Waals surface area contributed by atoms with Gasteiger partial charge in [0.25, 0.3) is 5.91 Å². The molecule has 1 N–H and O–H groups in total. The summed E-state index contributed by atoms with van der Waals surface area (Å²) in [5.41, 5.74) is 2.86. The van der Waals surface area contributed by atoms with Gasteiger partial charge in [-0.3, -0.25) is 4.79 Å². The molecule has 0 radical (unpaired) electrons. The number of carbonyl (C=O) groups excluding carboxylic acids is 2. The summed E-state index contributed by atoms with van der Waals surface area (Å²) in [6.45, 7) is 4.82. The maximum absolute atomic E-state index is 12.0. The summed E-state index contributed by atoms with van der Waals surface area (Å²) in [5, 5.41) is 2.79. The van der Waals surface area contributed by atoms with Crippen molar-refractivity contribution in [1.29, 1.82) is 0 Å². The predicted octanol–water partition coefficient (Wildman–Crippen LogP) is 1.48. The van der Waals surface area contributed by atoms with E-state index >= 15 is 0 Å². The van der Waals surface area contributed by atoms with E-state index in [-0.39, 0.29) is 18.1 Å². The van der Waals surface area contributed by atoms with Crippen LogP contribution in [0.2, 0.25) is 0 Å². The van der Waals surface area contributed by atoms with Gasteiger partial charge in [-0.1, -0.05) is 6.07 Å². The highest BCUT2D eigenvalue weighted by molar-refractivity contribution is 5.94. The minimum Gasteiger partial charge on any atom is -0.442 e. The summed E-state index contributed by atoms with van der Waals surface area (Å²) in [6, 6.07) is 5.58. The van der Waals surface area contributed by atoms with E-state index in [9.17, 15) is 9.59 Å². The number of rotatable bonds is 3. The fraction of sp³-hybridized carbons (Fsp3) is 0.429. The van der Waals surface area contributed by atoms with Gasteiger partial charge in [-0.05, 0) is 37.1 Å². The first-order valence-corrected chi connectivity index (χ1v) is 6.24. The third kappa shape index (κ3) is 3.05. The van der Waals surface area contributed by atoms with Gasteiger partial charge in [0.05, 0.1) is 13.1 Å². The minimum absolute atomic E-state index is 0.145. The molecule has 0 aliphatic carbocycles. The lowest BCUT2D eigenvalue weighted by Gasteiger charge is -2.10. The Balaban J connectivity index is 1.91. The van der Waals surface area contributed by atoms with Crippen LogP contribution < -0.4 is 5.32 Å². The van der Waals surface area contributed by atoms with Crippen LogP contribution in [0, 0.1) is 13.8 Å². The van der Waals surface area contributed by atoms with Gasteiger partial charge in [-0.25, -0.2) is 4.79 Å². The maximum atomic E-state index is 12.0. The Morgan fingerprint density at radius 1 is 1.42 bits per heavy atom. The van der Waals surface area contributed by atoms with Crippen LogP contribution in [0.1, 0.15) is 21.5 Å². The minimum atomic E-state index is -0.342. The number of nitrogens with zero attached hydrogens (tertiary/aromatic N) is 1. The van der Waals surface area contributed by atoms with E-state index in [1.54, 1.807) is 13.1 Å². The summed E-state index contributed by atoms with van der Waals surface area (Å²) in [5.74, 6) is -0.145. The van der Waals surface area contributed by atoms with E-state index in [1.165, 1.54) is 4.90 Å². The number of aryl methyl sites for hydroxylation is 2. The zero-order valence-corrected chi connectivity index (χ0v) is 11.4. The Labute approximate surface area is 112 Å². The third-order valence-corrected chi connectivity index (χ3v) is 3.32. The number of hydrogen-bond acceptors (Lipinski definition) is 3. The van der Waals surface area contributed by atoms with E-state index < -0.39 is 0 Å². The van der Waals surface area contributed by atoms with Crippen LogP contribution in [0.15, 0.2) is 18.2 Å². The van der Waals surface area contributed by atoms with Gasteiger partial charge in [-0.2, -0.15) is 0 Å². The van der Waals surface area contributed by atoms with Gasteiger partial charge in [0.1, 0.15) is 6.10 Å². The average Bonchev–Trinajstić information content (AvgIpc) is 2.69. The van der Waals surface area contributed by atoms with Crippen molar-refractivity contribution in [3.8, 4) is 0 Å². The molecule has 0 aromatic heterocycles. The molecule has 2 rings (SSSR count). The predicted molar refractivity (Wildman–Crippen MR) is 71.1 cm³/mol. The molecule has 1 aliphatic heterocycles. The van der Waals surface area contributed by atoms with E-state index in [0.29, 0.717) is 18.7 Å². The van der Waals surface area contributed by atoms with Gasteiger partial charge in [0.2, 0.25) is 0 Å². The fourth-order valence-corrected chi connectivity index (χ4v) is 1.95. The standard InChI is InChI=1S/C14H18N2O3/c1-9-4-5-11(6-10(9)2)13(17)15-7-12-8-16(3)14(18)19-12/h4-6,12H,7-8H2,1-3H3,(H,15,17). The normalized spacial score (nSPS) is 18.4. The largest absolute Gasteiger partial charge is 0.442 e. The highest BCUT2D eigenvalue weighted by Gasteiger charge is 2.28. The van der Waals surface area contributed by atoms with Crippen molar-refractivity contribution in [2.45, 2.75) is 20.0 Å². The molecule has 1 aromatic carbocycles. The number of ether oxygens (including phenoxy) is 1. The van der Waals surface area contributed by atoms with E-state index in [0.717, 1.165) is 11.1 Å². The van der Waals surface area contributed by atoms with Crippen LogP contribution in [-0.4, -0.2) is 43.1 Å². The van der Waals surface area contributed by atoms with Crippen molar-refractivity contribution in [2.24, 2.45) is 0 Å². The summed E-state index contributed by atoms with van der Waals surface area (Å²) >= 11 is 0. The zero-order chi connectivity index (χ0) is 14.0. The van der Waals surface area contributed by atoms with Gasteiger partial charge < -0.3 is 15.0 Å². The lowest BCUT2D eigenvalue weighted by atomic mass is 10.1. The molecule has 0 spiro atoms. The Morgan fingerprint density at radius 2 is 2.16 bits per heavy atom.